The highest BCUT2D eigenvalue weighted by molar-refractivity contribution is 8.80. The number of likely N-dealkylation sites (tertiary alicyclic amines) is 1. The van der Waals surface area contributed by atoms with Crippen molar-refractivity contribution in [2.24, 2.45) is 0 Å². The summed E-state index contributed by atoms with van der Waals surface area (Å²) >= 11 is 21.4. The average Bonchev–Trinajstić information content (AvgIpc) is 3.48. The number of unbranched alkanes of at least 4 members (excludes halogenated alkanes) is 4. The summed E-state index contributed by atoms with van der Waals surface area (Å²) in [6.07, 6.45) is 11.4. The standard InChI is InChI=1S/C17H23ClN2.C12H13ClN2.C5H10O.S37/c1-3-4-5-12-20-13-10-17(19-2,11-14-20)15-6-8-16(18)9-7-15;1-14-12(6-8-15-9-7-12)10-2-4-11(13)5-3-10;1-2-3-4-5-6;1-3-5-7-9-11-13-15-17-19-21-23-25-27-29-31-33-35-37-36-34-32-30-28-26-24-22-20-18-16-14-12-10-8-6-4-2/h6-9H,3-5,10-14H2,1H3;2-5,15H,6-9H2;5H,2-4H2,1H3;. The second kappa shape index (κ2) is 61.6. The van der Waals surface area contributed by atoms with Crippen molar-refractivity contribution in [3.05, 3.63) is 92.5 Å². The van der Waals surface area contributed by atoms with E-state index in [4.69, 9.17) is 58.7 Å². The lowest BCUT2D eigenvalue weighted by atomic mass is 9.81. The Morgan fingerprint density at radius 1 is 0.474 bits per heavy atom. The highest BCUT2D eigenvalue weighted by atomic mass is 35.5. The number of halogens is 2. The maximum absolute atomic E-state index is 9.56. The third-order valence-electron chi connectivity index (χ3n) is 9.00. The predicted molar refractivity (Wildman–Crippen MR) is 445 cm³/mol. The average molecular weight is 1780 g/mol. The van der Waals surface area contributed by atoms with Crippen LogP contribution < -0.4 is 5.32 Å². The highest BCUT2D eigenvalue weighted by Gasteiger charge is 2.42. The number of piperidine rings is 2. The largest absolute Gasteiger partial charge is 0.316 e. The van der Waals surface area contributed by atoms with E-state index in [0.29, 0.717) is 0 Å². The molecule has 2 fully saturated rings. The molecule has 4 rings (SSSR count). The van der Waals surface area contributed by atoms with Crippen LogP contribution in [0.5, 0.6) is 0 Å². The molecule has 2 saturated heterocycles. The quantitative estimate of drug-likeness (QED) is 0.155. The number of hydrogen-bond donors (Lipinski definition) is 1. The van der Waals surface area contributed by atoms with Crippen LogP contribution in [-0.4, -0.2) is 43.9 Å². The molecule has 2 heterocycles. The lowest BCUT2D eigenvalue weighted by molar-refractivity contribution is -0.107. The van der Waals surface area contributed by atoms with Crippen LogP contribution in [0.2, 0.25) is 10.0 Å². The Morgan fingerprint density at radius 2 is 0.756 bits per heavy atom. The van der Waals surface area contributed by atoms with E-state index in [0.717, 1.165) is 98.6 Å². The van der Waals surface area contributed by atoms with E-state index < -0.39 is 0 Å². The molecular weight excluding hydrogens is 1740 g/mol. The number of carbonyl (C=O) groups excluding carboxylic acids is 1. The predicted octanol–water partition coefficient (Wildman–Crippen LogP) is 8.87. The molecule has 0 unspecified atom stereocenters. The maximum Gasteiger partial charge on any atom is 0.260 e. The van der Waals surface area contributed by atoms with Gasteiger partial charge in [-0.3, -0.25) is 0 Å². The zero-order valence-corrected chi connectivity index (χ0v) is 71.6. The fourth-order valence-corrected chi connectivity index (χ4v) is 96.5. The van der Waals surface area contributed by atoms with Crippen LogP contribution in [0.15, 0.2) is 48.5 Å². The van der Waals surface area contributed by atoms with Crippen LogP contribution in [0.4, 0.5) is 0 Å². The van der Waals surface area contributed by atoms with E-state index in [9.17, 15) is 4.79 Å². The molecule has 444 valence electrons. The lowest BCUT2D eigenvalue weighted by Gasteiger charge is -2.34. The first-order valence-electron chi connectivity index (χ1n) is 21.0. The summed E-state index contributed by atoms with van der Waals surface area (Å²) in [5, 5.41) is 4.76. The first kappa shape index (κ1) is 81.7. The molecule has 0 saturated carbocycles. The van der Waals surface area contributed by atoms with Crippen molar-refractivity contribution in [1.82, 2.24) is 10.2 Å². The lowest BCUT2D eigenvalue weighted by Crippen LogP contribution is -2.41. The van der Waals surface area contributed by atoms with Crippen LogP contribution in [0.1, 0.15) is 89.2 Å². The third-order valence-corrected chi connectivity index (χ3v) is 85.1. The van der Waals surface area contributed by atoms with Crippen LogP contribution in [0, 0.1) is 13.1 Å². The van der Waals surface area contributed by atoms with Gasteiger partial charge in [-0.25, -0.2) is 13.1 Å². The monoisotopic (exact) mass is 1780 g/mol. The molecule has 2 aliphatic heterocycles. The van der Waals surface area contributed by atoms with Crippen molar-refractivity contribution in [3.63, 3.8) is 0 Å². The van der Waals surface area contributed by atoms with Crippen LogP contribution in [0.3, 0.4) is 0 Å². The second-order valence-electron chi connectivity index (χ2n) is 13.3. The summed E-state index contributed by atoms with van der Waals surface area (Å²) in [4.78, 5) is 19.9. The Kier molecular flexibility index (Phi) is 64.5. The number of carbonyl (C=O) groups is 1. The molecule has 78 heavy (non-hydrogen) atoms. The van der Waals surface area contributed by atoms with Gasteiger partial charge in [0.25, 0.3) is 11.1 Å². The van der Waals surface area contributed by atoms with E-state index >= 15 is 0 Å². The van der Waals surface area contributed by atoms with Crippen molar-refractivity contribution in [1.29, 1.82) is 0 Å². The number of hydrogen-bond acceptors (Lipinski definition) is 5. The highest BCUT2D eigenvalue weighted by Crippen LogP contribution is 2.38. The van der Waals surface area contributed by atoms with Gasteiger partial charge in [0.2, 0.25) is 0 Å². The fraction of sp³-hybridized carbons (Fsp3) is 0.559. The molecule has 0 bridgehead atoms. The summed E-state index contributed by atoms with van der Waals surface area (Å²) in [7, 11) is 61.9. The number of nitrogens with zero attached hydrogens (tertiary/aromatic N) is 3. The SMILES string of the molecule is CCCCC=O.S=S=S=S=S=S=S=S=S=S=S=S=S=S=S=S=S=S=S=S=S=S=S=S=S=S=S=S=S=S=S=S=S=S=S=S=S.[C-]#[N+]C1(c2ccc(Cl)cc2)CCN(CCCCC)CC1.[C-]#[N+]C1(c2ccc(Cl)cc2)CCNCC1. The first-order chi connectivity index (χ1) is 38.3. The summed E-state index contributed by atoms with van der Waals surface area (Å²) in [5.74, 6) is 0. The molecule has 0 spiro atoms. The molecule has 5 nitrogen and oxygen atoms in total. The van der Waals surface area contributed by atoms with E-state index in [1.54, 1.807) is 107 Å². The molecule has 0 atom stereocenters. The Bertz CT molecular complexity index is 3830. The van der Waals surface area contributed by atoms with Crippen LogP contribution in [0.25, 0.3) is 9.69 Å². The minimum absolute atomic E-state index is 0.324. The van der Waals surface area contributed by atoms with Gasteiger partial charge in [0, 0.05) is 413 Å². The molecule has 2 aliphatic rings. The zero-order chi connectivity index (χ0) is 56.7. The van der Waals surface area contributed by atoms with Gasteiger partial charge >= 0.3 is 0 Å². The number of benzene rings is 2. The first-order valence-corrected chi connectivity index (χ1v) is 69.8. The molecule has 0 aromatic heterocycles. The van der Waals surface area contributed by atoms with Crippen LogP contribution >= 0.6 is 23.2 Å². The van der Waals surface area contributed by atoms with E-state index in [2.05, 4.69) is 33.8 Å². The van der Waals surface area contributed by atoms with E-state index in [-0.39, 0.29) is 11.1 Å². The van der Waals surface area contributed by atoms with E-state index in [1.165, 1.54) is 43.6 Å². The van der Waals surface area contributed by atoms with Gasteiger partial charge in [0.15, 0.2) is 0 Å². The van der Waals surface area contributed by atoms with Crippen molar-refractivity contribution < 1.29 is 4.79 Å². The number of aldehydes is 1. The molecule has 0 radical (unpaired) electrons. The molecule has 2 aromatic carbocycles. The summed E-state index contributed by atoms with van der Waals surface area (Å²) in [5.41, 5.74) is 1.58. The molecule has 0 amide bonds. The van der Waals surface area contributed by atoms with Gasteiger partial charge in [0.05, 0.1) is 0 Å². The zero-order valence-electron chi connectivity index (χ0n) is 39.9. The second-order valence-corrected chi connectivity index (χ2v) is 76.1. The Morgan fingerprint density at radius 3 is 1.00 bits per heavy atom. The number of nitrogens with one attached hydrogen (secondary N) is 1. The summed E-state index contributed by atoms with van der Waals surface area (Å²) in [6.45, 7) is 24.5. The normalized spacial score (nSPS) is 12.8. The molecule has 2 aromatic rings. The van der Waals surface area contributed by atoms with Crippen molar-refractivity contribution >= 4 is 363 Å². The minimum atomic E-state index is -0.328. The molecule has 44 heteroatoms. The summed E-state index contributed by atoms with van der Waals surface area (Å²) < 4.78 is 0. The fourth-order valence-electron chi connectivity index (χ4n) is 5.68. The molecular formula is C34H46Cl2N4OS37. The van der Waals surface area contributed by atoms with Crippen molar-refractivity contribution in [3.8, 4) is 0 Å². The smallest absolute Gasteiger partial charge is 0.260 e. The maximum atomic E-state index is 9.56. The van der Waals surface area contributed by atoms with Gasteiger partial charge in [-0.1, -0.05) is 56.3 Å². The number of rotatable bonds is 9. The van der Waals surface area contributed by atoms with Crippen molar-refractivity contribution in [2.45, 2.75) is 89.1 Å². The topological polar surface area (TPSA) is 41.1 Å². The van der Waals surface area contributed by atoms with Gasteiger partial charge in [-0.2, -0.15) is 0 Å². The third kappa shape index (κ3) is 45.9. The Labute approximate surface area is 580 Å². The summed E-state index contributed by atoms with van der Waals surface area (Å²) in [6, 6.07) is 15.5. The van der Waals surface area contributed by atoms with Gasteiger partial charge < -0.3 is 24.7 Å². The minimum Gasteiger partial charge on any atom is -0.316 e. The Hall–Kier alpha value is 5.73. The van der Waals surface area contributed by atoms with Gasteiger partial charge in [0.1, 0.15) is 6.29 Å². The Balaban J connectivity index is 0.000000610. The van der Waals surface area contributed by atoms with E-state index in [1.807, 2.05) is 235 Å². The van der Waals surface area contributed by atoms with Gasteiger partial charge in [-0.05, 0) is 67.9 Å². The van der Waals surface area contributed by atoms with Gasteiger partial charge in [-0.15, -0.1) is 0 Å². The molecule has 0 aliphatic carbocycles. The van der Waals surface area contributed by atoms with Crippen LogP contribution in [-0.2, 0) is 349 Å². The molecule has 1 N–H and O–H groups in total. The van der Waals surface area contributed by atoms with Crippen molar-refractivity contribution in [2.75, 3.05) is 32.7 Å².